The number of sulfonamides is 1. The summed E-state index contributed by atoms with van der Waals surface area (Å²) in [6, 6.07) is 2.95. The van der Waals surface area contributed by atoms with Gasteiger partial charge in [0.2, 0.25) is 10.0 Å². The van der Waals surface area contributed by atoms with Crippen LogP contribution in [-0.2, 0) is 10.0 Å². The molecule has 0 atom stereocenters. The van der Waals surface area contributed by atoms with Gasteiger partial charge in [-0.05, 0) is 43.4 Å². The Labute approximate surface area is 123 Å². The van der Waals surface area contributed by atoms with E-state index in [1.165, 1.54) is 6.07 Å². The molecule has 3 N–H and O–H groups in total. The molecule has 1 aromatic rings. The maximum atomic E-state index is 12.1. The van der Waals surface area contributed by atoms with Gasteiger partial charge in [0.05, 0.1) is 5.02 Å². The van der Waals surface area contributed by atoms with Gasteiger partial charge in [0, 0.05) is 11.6 Å². The first kappa shape index (κ1) is 15.3. The van der Waals surface area contributed by atoms with E-state index in [-0.39, 0.29) is 27.4 Å². The number of hydrogen-bond donors (Lipinski definition) is 2. The third-order valence-electron chi connectivity index (χ3n) is 3.50. The molecule has 5 nitrogen and oxygen atoms in total. The van der Waals surface area contributed by atoms with Crippen LogP contribution in [0.1, 0.15) is 35.7 Å². The zero-order chi connectivity index (χ0) is 15.1. The number of carbonyl (C=O) groups excluding carboxylic acids is 1. The van der Waals surface area contributed by atoms with Crippen LogP contribution >= 0.6 is 11.6 Å². The maximum absolute atomic E-state index is 12.1. The van der Waals surface area contributed by atoms with Crippen LogP contribution in [0.4, 0.5) is 0 Å². The van der Waals surface area contributed by atoms with E-state index in [0.29, 0.717) is 11.5 Å². The van der Waals surface area contributed by atoms with Gasteiger partial charge in [-0.1, -0.05) is 18.5 Å². The van der Waals surface area contributed by atoms with Gasteiger partial charge < -0.3 is 5.32 Å². The quantitative estimate of drug-likeness (QED) is 0.891. The summed E-state index contributed by atoms with van der Waals surface area (Å²) in [5, 5.41) is 8.04. The Morgan fingerprint density at radius 1 is 1.40 bits per heavy atom. The Kier molecular flexibility index (Phi) is 4.09. The molecule has 0 aliphatic heterocycles. The summed E-state index contributed by atoms with van der Waals surface area (Å²) >= 11 is 5.93. The van der Waals surface area contributed by atoms with Crippen LogP contribution in [0, 0.1) is 12.8 Å². The van der Waals surface area contributed by atoms with E-state index in [4.69, 9.17) is 16.7 Å². The molecule has 0 saturated heterocycles. The van der Waals surface area contributed by atoms with Crippen LogP contribution in [0.3, 0.4) is 0 Å². The summed E-state index contributed by atoms with van der Waals surface area (Å²) in [5.41, 5.74) is 0.765. The molecule has 0 spiro atoms. The summed E-state index contributed by atoms with van der Waals surface area (Å²) in [6.07, 6.45) is 1.89. The minimum Gasteiger partial charge on any atom is -0.349 e. The summed E-state index contributed by atoms with van der Waals surface area (Å²) in [6.45, 7) is 3.76. The highest BCUT2D eigenvalue weighted by molar-refractivity contribution is 7.89. The van der Waals surface area contributed by atoms with Crippen molar-refractivity contribution in [2.75, 3.05) is 0 Å². The van der Waals surface area contributed by atoms with Crippen LogP contribution in [0.25, 0.3) is 0 Å². The second-order valence-electron chi connectivity index (χ2n) is 5.40. The number of benzene rings is 1. The molecular weight excluding hydrogens is 300 g/mol. The SMILES string of the molecule is Cc1cc(C(=O)NC2CC(C)C2)cc(S(N)(=O)=O)c1Cl. The van der Waals surface area contributed by atoms with Crippen molar-refractivity contribution in [3.05, 3.63) is 28.3 Å². The van der Waals surface area contributed by atoms with Gasteiger partial charge in [0.15, 0.2) is 0 Å². The summed E-state index contributed by atoms with van der Waals surface area (Å²) in [5.74, 6) is 0.318. The van der Waals surface area contributed by atoms with Gasteiger partial charge in [0.1, 0.15) is 4.90 Å². The van der Waals surface area contributed by atoms with E-state index in [1.54, 1.807) is 13.0 Å². The van der Waals surface area contributed by atoms with Crippen LogP contribution in [0.15, 0.2) is 17.0 Å². The van der Waals surface area contributed by atoms with E-state index in [1.807, 2.05) is 0 Å². The largest absolute Gasteiger partial charge is 0.349 e. The molecule has 7 heteroatoms. The third kappa shape index (κ3) is 3.13. The number of nitrogens with one attached hydrogen (secondary N) is 1. The molecule has 110 valence electrons. The lowest BCUT2D eigenvalue weighted by Gasteiger charge is -2.33. The molecule has 0 bridgehead atoms. The predicted molar refractivity (Wildman–Crippen MR) is 77.2 cm³/mol. The van der Waals surface area contributed by atoms with Crippen molar-refractivity contribution in [1.82, 2.24) is 5.32 Å². The number of hydrogen-bond acceptors (Lipinski definition) is 3. The second-order valence-corrected chi connectivity index (χ2v) is 7.31. The molecule has 0 radical (unpaired) electrons. The molecule has 1 aliphatic carbocycles. The van der Waals surface area contributed by atoms with Crippen molar-refractivity contribution in [2.45, 2.75) is 37.6 Å². The van der Waals surface area contributed by atoms with Crippen LogP contribution in [0.5, 0.6) is 0 Å². The molecule has 2 rings (SSSR count). The minimum absolute atomic E-state index is 0.0568. The Balaban J connectivity index is 2.28. The summed E-state index contributed by atoms with van der Waals surface area (Å²) < 4.78 is 22.9. The number of rotatable bonds is 3. The molecule has 1 saturated carbocycles. The number of amides is 1. The van der Waals surface area contributed by atoms with Gasteiger partial charge >= 0.3 is 0 Å². The molecule has 0 heterocycles. The highest BCUT2D eigenvalue weighted by Gasteiger charge is 2.27. The number of primary sulfonamides is 1. The van der Waals surface area contributed by atoms with Crippen molar-refractivity contribution in [3.8, 4) is 0 Å². The normalized spacial score (nSPS) is 22.2. The lowest BCUT2D eigenvalue weighted by molar-refractivity contribution is 0.0896. The van der Waals surface area contributed by atoms with E-state index in [2.05, 4.69) is 12.2 Å². The molecule has 1 aromatic carbocycles. The summed E-state index contributed by atoms with van der Waals surface area (Å²) in [4.78, 5) is 11.9. The Hall–Kier alpha value is -1.11. The maximum Gasteiger partial charge on any atom is 0.251 e. The molecule has 0 aromatic heterocycles. The Morgan fingerprint density at radius 2 is 2.00 bits per heavy atom. The lowest BCUT2D eigenvalue weighted by atomic mass is 9.82. The second kappa shape index (κ2) is 5.35. The Bertz CT molecular complexity index is 652. The van der Waals surface area contributed by atoms with Gasteiger partial charge in [-0.15, -0.1) is 0 Å². The fourth-order valence-corrected chi connectivity index (χ4v) is 3.50. The van der Waals surface area contributed by atoms with Gasteiger partial charge in [-0.3, -0.25) is 4.79 Å². The smallest absolute Gasteiger partial charge is 0.251 e. The van der Waals surface area contributed by atoms with Gasteiger partial charge in [-0.2, -0.15) is 0 Å². The highest BCUT2D eigenvalue weighted by atomic mass is 35.5. The van der Waals surface area contributed by atoms with Crippen molar-refractivity contribution in [1.29, 1.82) is 0 Å². The van der Waals surface area contributed by atoms with E-state index in [9.17, 15) is 13.2 Å². The first-order valence-corrected chi connectivity index (χ1v) is 8.24. The van der Waals surface area contributed by atoms with Crippen LogP contribution < -0.4 is 10.5 Å². The molecule has 1 fully saturated rings. The van der Waals surface area contributed by atoms with Crippen LogP contribution in [-0.4, -0.2) is 20.4 Å². The first-order valence-electron chi connectivity index (χ1n) is 6.32. The third-order valence-corrected chi connectivity index (χ3v) is 5.05. The van der Waals surface area contributed by atoms with Crippen molar-refractivity contribution < 1.29 is 13.2 Å². The monoisotopic (exact) mass is 316 g/mol. The van der Waals surface area contributed by atoms with Crippen molar-refractivity contribution in [2.24, 2.45) is 11.1 Å². The fraction of sp³-hybridized carbons (Fsp3) is 0.462. The van der Waals surface area contributed by atoms with Gasteiger partial charge in [-0.25, -0.2) is 13.6 Å². The number of carbonyl (C=O) groups is 1. The molecule has 20 heavy (non-hydrogen) atoms. The van der Waals surface area contributed by atoms with E-state index in [0.717, 1.165) is 12.8 Å². The van der Waals surface area contributed by atoms with Crippen molar-refractivity contribution >= 4 is 27.5 Å². The van der Waals surface area contributed by atoms with Gasteiger partial charge in [0.25, 0.3) is 5.91 Å². The van der Waals surface area contributed by atoms with Crippen molar-refractivity contribution in [3.63, 3.8) is 0 Å². The zero-order valence-corrected chi connectivity index (χ0v) is 12.9. The predicted octanol–water partition coefficient (Wildman–Crippen LogP) is 1.82. The van der Waals surface area contributed by atoms with E-state index < -0.39 is 10.0 Å². The average Bonchev–Trinajstić information content (AvgIpc) is 2.28. The number of aryl methyl sites for hydroxylation is 1. The molecule has 0 unspecified atom stereocenters. The Morgan fingerprint density at radius 3 is 2.50 bits per heavy atom. The lowest BCUT2D eigenvalue weighted by Crippen LogP contribution is -2.43. The zero-order valence-electron chi connectivity index (χ0n) is 11.3. The summed E-state index contributed by atoms with van der Waals surface area (Å²) in [7, 11) is -3.95. The fourth-order valence-electron chi connectivity index (χ4n) is 2.36. The highest BCUT2D eigenvalue weighted by Crippen LogP contribution is 2.28. The molecule has 1 amide bonds. The minimum atomic E-state index is -3.95. The van der Waals surface area contributed by atoms with E-state index >= 15 is 0 Å². The number of nitrogens with two attached hydrogens (primary N) is 1. The molecule has 1 aliphatic rings. The first-order chi connectivity index (χ1) is 9.18. The number of halogens is 1. The van der Waals surface area contributed by atoms with Crippen LogP contribution in [0.2, 0.25) is 5.02 Å². The standard InChI is InChI=1S/C13H17ClN2O3S/c1-7-3-10(4-7)16-13(17)9-5-8(2)12(14)11(6-9)20(15,18)19/h5-7,10H,3-4H2,1-2H3,(H,16,17)(H2,15,18,19). The average molecular weight is 317 g/mol. The molecular formula is C13H17ClN2O3S. The topological polar surface area (TPSA) is 89.3 Å².